The Kier molecular flexibility index (Phi) is 5.32. The smallest absolute Gasteiger partial charge is 0.222 e. The Hall–Kier alpha value is -1.40. The van der Waals surface area contributed by atoms with Crippen LogP contribution in [0.1, 0.15) is 44.1 Å². The first-order chi connectivity index (χ1) is 12.6. The maximum atomic E-state index is 12.4. The van der Waals surface area contributed by atoms with Crippen molar-refractivity contribution in [1.82, 2.24) is 19.6 Å². The summed E-state index contributed by atoms with van der Waals surface area (Å²) in [4.78, 5) is 17.1. The molecule has 3 aliphatic rings. The fraction of sp³-hybridized carbons (Fsp3) is 0.800. The second-order valence-corrected chi connectivity index (χ2v) is 8.52. The summed E-state index contributed by atoms with van der Waals surface area (Å²) in [6, 6.07) is 0. The SMILES string of the molecule is Cn1cc(CCN2CCC3(CCC(=O)N(CC4CCCO4)C3)CC2)cn1. The molecule has 1 spiro atoms. The van der Waals surface area contributed by atoms with Gasteiger partial charge in [0.1, 0.15) is 0 Å². The van der Waals surface area contributed by atoms with Crippen LogP contribution >= 0.6 is 0 Å². The molecule has 0 aromatic carbocycles. The van der Waals surface area contributed by atoms with E-state index >= 15 is 0 Å². The van der Waals surface area contributed by atoms with Gasteiger partial charge in [0.15, 0.2) is 0 Å². The number of ether oxygens (including phenoxy) is 1. The molecule has 1 aromatic rings. The zero-order chi connectivity index (χ0) is 18.0. The number of carbonyl (C=O) groups is 1. The van der Waals surface area contributed by atoms with Gasteiger partial charge in [-0.05, 0) is 62.6 Å². The molecule has 3 fully saturated rings. The van der Waals surface area contributed by atoms with Gasteiger partial charge in [0.2, 0.25) is 5.91 Å². The van der Waals surface area contributed by atoms with Crippen LogP contribution in [-0.2, 0) is 23.0 Å². The summed E-state index contributed by atoms with van der Waals surface area (Å²) in [5.41, 5.74) is 1.66. The average Bonchev–Trinajstić information content (AvgIpc) is 3.30. The van der Waals surface area contributed by atoms with Crippen LogP contribution in [0.15, 0.2) is 12.4 Å². The van der Waals surface area contributed by atoms with Crippen molar-refractivity contribution in [2.45, 2.75) is 51.0 Å². The maximum absolute atomic E-state index is 12.4. The first-order valence-electron chi connectivity index (χ1n) is 10.2. The summed E-state index contributed by atoms with van der Waals surface area (Å²) in [5.74, 6) is 0.338. The molecule has 4 rings (SSSR count). The number of amides is 1. The van der Waals surface area contributed by atoms with Gasteiger partial charge < -0.3 is 14.5 Å². The zero-order valence-corrected chi connectivity index (χ0v) is 16.0. The minimum absolute atomic E-state index is 0.272. The van der Waals surface area contributed by atoms with Gasteiger partial charge in [-0.1, -0.05) is 0 Å². The molecular formula is C20H32N4O2. The van der Waals surface area contributed by atoms with Crippen LogP contribution in [-0.4, -0.2) is 70.9 Å². The van der Waals surface area contributed by atoms with Gasteiger partial charge in [-0.15, -0.1) is 0 Å². The fourth-order valence-corrected chi connectivity index (χ4v) is 4.85. The minimum atomic E-state index is 0.272. The first kappa shape index (κ1) is 18.0. The van der Waals surface area contributed by atoms with E-state index in [4.69, 9.17) is 4.74 Å². The normalized spacial score (nSPS) is 26.7. The molecule has 144 valence electrons. The highest BCUT2D eigenvalue weighted by atomic mass is 16.5. The lowest BCUT2D eigenvalue weighted by Crippen LogP contribution is -2.53. The molecule has 6 heteroatoms. The summed E-state index contributed by atoms with van der Waals surface area (Å²) >= 11 is 0. The molecule has 0 N–H and O–H groups in total. The summed E-state index contributed by atoms with van der Waals surface area (Å²) in [5, 5.41) is 4.26. The van der Waals surface area contributed by atoms with Crippen molar-refractivity contribution in [2.75, 3.05) is 39.3 Å². The third-order valence-corrected chi connectivity index (χ3v) is 6.59. The Morgan fingerprint density at radius 2 is 2.15 bits per heavy atom. The van der Waals surface area contributed by atoms with E-state index in [1.54, 1.807) is 0 Å². The number of likely N-dealkylation sites (tertiary alicyclic amines) is 2. The highest BCUT2D eigenvalue weighted by molar-refractivity contribution is 5.77. The molecule has 0 radical (unpaired) electrons. The van der Waals surface area contributed by atoms with Crippen LogP contribution in [0.25, 0.3) is 0 Å². The number of aromatic nitrogens is 2. The van der Waals surface area contributed by atoms with E-state index in [1.165, 1.54) is 18.4 Å². The lowest BCUT2D eigenvalue weighted by atomic mass is 9.72. The van der Waals surface area contributed by atoms with Crippen LogP contribution in [0.4, 0.5) is 0 Å². The monoisotopic (exact) mass is 360 g/mol. The van der Waals surface area contributed by atoms with Gasteiger partial charge in [-0.25, -0.2) is 0 Å². The first-order valence-corrected chi connectivity index (χ1v) is 10.2. The Morgan fingerprint density at radius 1 is 1.31 bits per heavy atom. The molecule has 0 aliphatic carbocycles. The van der Waals surface area contributed by atoms with Crippen LogP contribution in [0.5, 0.6) is 0 Å². The molecule has 1 unspecified atom stereocenters. The molecule has 1 amide bonds. The van der Waals surface area contributed by atoms with E-state index in [0.717, 1.165) is 71.4 Å². The van der Waals surface area contributed by atoms with Gasteiger partial charge >= 0.3 is 0 Å². The summed E-state index contributed by atoms with van der Waals surface area (Å²) in [6.45, 7) is 6.04. The van der Waals surface area contributed by atoms with Gasteiger partial charge in [-0.3, -0.25) is 9.48 Å². The number of hydrogen-bond acceptors (Lipinski definition) is 4. The summed E-state index contributed by atoms with van der Waals surface area (Å²) < 4.78 is 7.64. The summed E-state index contributed by atoms with van der Waals surface area (Å²) in [6.07, 6.45) is 11.9. The topological polar surface area (TPSA) is 50.6 Å². The predicted molar refractivity (Wildman–Crippen MR) is 99.8 cm³/mol. The predicted octanol–water partition coefficient (Wildman–Crippen LogP) is 1.85. The molecule has 1 aromatic heterocycles. The molecule has 0 bridgehead atoms. The van der Waals surface area contributed by atoms with Gasteiger partial charge in [0.05, 0.1) is 12.3 Å². The number of nitrogens with zero attached hydrogens (tertiary/aromatic N) is 4. The highest BCUT2D eigenvalue weighted by Crippen LogP contribution is 2.40. The van der Waals surface area contributed by atoms with E-state index in [2.05, 4.69) is 21.1 Å². The van der Waals surface area contributed by atoms with Crippen molar-refractivity contribution in [1.29, 1.82) is 0 Å². The standard InChI is InChI=1S/C20H32N4O2/c1-22-14-17(13-21-22)5-9-23-10-7-20(8-11-23)6-4-19(25)24(16-20)15-18-3-2-12-26-18/h13-14,18H,2-12,15-16H2,1H3. The van der Waals surface area contributed by atoms with Gasteiger partial charge in [0, 0.05) is 45.9 Å². The number of aryl methyl sites for hydroxylation is 1. The second-order valence-electron chi connectivity index (χ2n) is 8.52. The zero-order valence-electron chi connectivity index (χ0n) is 16.0. The third kappa shape index (κ3) is 4.12. The number of hydrogen-bond donors (Lipinski definition) is 0. The van der Waals surface area contributed by atoms with E-state index in [9.17, 15) is 4.79 Å². The van der Waals surface area contributed by atoms with Crippen molar-refractivity contribution in [2.24, 2.45) is 12.5 Å². The van der Waals surface area contributed by atoms with Crippen molar-refractivity contribution in [3.63, 3.8) is 0 Å². The molecule has 6 nitrogen and oxygen atoms in total. The van der Waals surface area contributed by atoms with Crippen LogP contribution < -0.4 is 0 Å². The lowest BCUT2D eigenvalue weighted by molar-refractivity contribution is -0.141. The van der Waals surface area contributed by atoms with E-state index in [0.29, 0.717) is 11.3 Å². The molecule has 1 atom stereocenters. The van der Waals surface area contributed by atoms with Crippen LogP contribution in [0.2, 0.25) is 0 Å². The molecule has 0 saturated carbocycles. The van der Waals surface area contributed by atoms with Crippen molar-refractivity contribution in [3.05, 3.63) is 18.0 Å². The Morgan fingerprint density at radius 3 is 2.85 bits per heavy atom. The van der Waals surface area contributed by atoms with Gasteiger partial charge in [-0.2, -0.15) is 5.10 Å². The molecule has 26 heavy (non-hydrogen) atoms. The number of carbonyl (C=O) groups excluding carboxylic acids is 1. The Bertz CT molecular complexity index is 615. The maximum Gasteiger partial charge on any atom is 0.222 e. The number of piperidine rings is 2. The molecular weight excluding hydrogens is 328 g/mol. The van der Waals surface area contributed by atoms with Crippen molar-refractivity contribution in [3.8, 4) is 0 Å². The Labute approximate surface area is 156 Å². The Balaban J connectivity index is 1.27. The molecule has 3 aliphatic heterocycles. The van der Waals surface area contributed by atoms with E-state index in [1.807, 2.05) is 17.9 Å². The fourth-order valence-electron chi connectivity index (χ4n) is 4.85. The van der Waals surface area contributed by atoms with E-state index < -0.39 is 0 Å². The third-order valence-electron chi connectivity index (χ3n) is 6.59. The van der Waals surface area contributed by atoms with Crippen LogP contribution in [0.3, 0.4) is 0 Å². The summed E-state index contributed by atoms with van der Waals surface area (Å²) in [7, 11) is 1.97. The van der Waals surface area contributed by atoms with E-state index in [-0.39, 0.29) is 6.10 Å². The number of rotatable bonds is 5. The molecule has 4 heterocycles. The lowest BCUT2D eigenvalue weighted by Gasteiger charge is -2.48. The second kappa shape index (κ2) is 7.69. The van der Waals surface area contributed by atoms with Crippen LogP contribution in [0, 0.1) is 5.41 Å². The molecule has 3 saturated heterocycles. The largest absolute Gasteiger partial charge is 0.376 e. The van der Waals surface area contributed by atoms with Crippen molar-refractivity contribution < 1.29 is 9.53 Å². The highest BCUT2D eigenvalue weighted by Gasteiger charge is 2.41. The van der Waals surface area contributed by atoms with Gasteiger partial charge in [0.25, 0.3) is 0 Å². The average molecular weight is 361 g/mol. The minimum Gasteiger partial charge on any atom is -0.376 e. The van der Waals surface area contributed by atoms with Crippen molar-refractivity contribution >= 4 is 5.91 Å². The quantitative estimate of drug-likeness (QED) is 0.804.